The van der Waals surface area contributed by atoms with Crippen LogP contribution in [-0.2, 0) is 4.79 Å². The van der Waals surface area contributed by atoms with Crippen molar-refractivity contribution in [2.45, 2.75) is 0 Å². The van der Waals surface area contributed by atoms with Gasteiger partial charge in [0.05, 0.1) is 7.11 Å². The highest BCUT2D eigenvalue weighted by molar-refractivity contribution is 6.04. The summed E-state index contributed by atoms with van der Waals surface area (Å²) in [6.07, 6.45) is 0. The van der Waals surface area contributed by atoms with Crippen LogP contribution >= 0.6 is 0 Å². The van der Waals surface area contributed by atoms with Crippen LogP contribution in [0, 0.1) is 0 Å². The van der Waals surface area contributed by atoms with Gasteiger partial charge in [-0.1, -0.05) is 6.07 Å². The van der Waals surface area contributed by atoms with Crippen molar-refractivity contribution in [2.24, 2.45) is 0 Å². The Morgan fingerprint density at radius 2 is 1.82 bits per heavy atom. The number of carboxylic acid groups (broad SMARTS) is 1. The van der Waals surface area contributed by atoms with Crippen molar-refractivity contribution in [1.29, 1.82) is 0 Å². The first-order chi connectivity index (χ1) is 10.6. The molecule has 2 rings (SSSR count). The van der Waals surface area contributed by atoms with Gasteiger partial charge in [0.1, 0.15) is 11.5 Å². The van der Waals surface area contributed by atoms with Gasteiger partial charge < -0.3 is 19.9 Å². The second-order valence-electron chi connectivity index (χ2n) is 4.39. The lowest BCUT2D eigenvalue weighted by molar-refractivity contribution is -0.139. The summed E-state index contributed by atoms with van der Waals surface area (Å²) < 4.78 is 10.1. The molecule has 0 saturated carbocycles. The van der Waals surface area contributed by atoms with Gasteiger partial charge in [-0.3, -0.25) is 4.79 Å². The van der Waals surface area contributed by atoms with E-state index >= 15 is 0 Å². The van der Waals surface area contributed by atoms with E-state index in [0.29, 0.717) is 22.7 Å². The fourth-order valence-corrected chi connectivity index (χ4v) is 1.75. The Morgan fingerprint density at radius 3 is 2.45 bits per heavy atom. The summed E-state index contributed by atoms with van der Waals surface area (Å²) in [5.74, 6) is -0.304. The molecule has 0 saturated heterocycles. The number of amides is 1. The van der Waals surface area contributed by atoms with Gasteiger partial charge >= 0.3 is 5.97 Å². The van der Waals surface area contributed by atoms with E-state index in [1.165, 1.54) is 0 Å². The standard InChI is InChI=1S/C16H15NO5/c1-21-13-7-5-11(6-8-13)16(20)17-12-3-2-4-14(9-12)22-10-15(18)19/h2-9H,10H2,1H3,(H,17,20)(H,18,19). The molecule has 6 nitrogen and oxygen atoms in total. The number of rotatable bonds is 6. The lowest BCUT2D eigenvalue weighted by atomic mass is 10.2. The molecule has 2 aromatic rings. The first-order valence-electron chi connectivity index (χ1n) is 6.48. The predicted molar refractivity (Wildman–Crippen MR) is 80.5 cm³/mol. The molecule has 2 aromatic carbocycles. The third-order valence-electron chi connectivity index (χ3n) is 2.81. The Kier molecular flexibility index (Phi) is 4.98. The Hall–Kier alpha value is -3.02. The summed E-state index contributed by atoms with van der Waals surface area (Å²) in [7, 11) is 1.55. The minimum absolute atomic E-state index is 0.280. The van der Waals surface area contributed by atoms with E-state index in [0.717, 1.165) is 0 Å². The van der Waals surface area contributed by atoms with Gasteiger partial charge in [-0.25, -0.2) is 4.79 Å². The second-order valence-corrected chi connectivity index (χ2v) is 4.39. The average molecular weight is 301 g/mol. The van der Waals surface area contributed by atoms with E-state index < -0.39 is 12.6 Å². The molecule has 0 atom stereocenters. The van der Waals surface area contributed by atoms with Crippen molar-refractivity contribution in [3.05, 3.63) is 54.1 Å². The summed E-state index contributed by atoms with van der Waals surface area (Å²) in [5.41, 5.74) is 1.00. The molecule has 0 heterocycles. The van der Waals surface area contributed by atoms with Gasteiger partial charge in [-0.2, -0.15) is 0 Å². The number of anilines is 1. The van der Waals surface area contributed by atoms with Crippen molar-refractivity contribution < 1.29 is 24.2 Å². The zero-order valence-corrected chi connectivity index (χ0v) is 11.9. The van der Waals surface area contributed by atoms with E-state index in [9.17, 15) is 9.59 Å². The predicted octanol–water partition coefficient (Wildman–Crippen LogP) is 2.41. The minimum Gasteiger partial charge on any atom is -0.497 e. The van der Waals surface area contributed by atoms with E-state index in [1.807, 2.05) is 0 Å². The van der Waals surface area contributed by atoms with Crippen LogP contribution in [0.25, 0.3) is 0 Å². The molecule has 0 aromatic heterocycles. The fourth-order valence-electron chi connectivity index (χ4n) is 1.75. The van der Waals surface area contributed by atoms with E-state index in [2.05, 4.69) is 5.32 Å². The summed E-state index contributed by atoms with van der Waals surface area (Å²) in [4.78, 5) is 22.6. The fraction of sp³-hybridized carbons (Fsp3) is 0.125. The van der Waals surface area contributed by atoms with Crippen LogP contribution in [-0.4, -0.2) is 30.7 Å². The monoisotopic (exact) mass is 301 g/mol. The number of methoxy groups -OCH3 is 1. The summed E-state index contributed by atoms with van der Waals surface area (Å²) in [5, 5.41) is 11.3. The lowest BCUT2D eigenvalue weighted by Crippen LogP contribution is -2.12. The molecule has 0 radical (unpaired) electrons. The Morgan fingerprint density at radius 1 is 1.09 bits per heavy atom. The molecular weight excluding hydrogens is 286 g/mol. The molecule has 6 heteroatoms. The largest absolute Gasteiger partial charge is 0.497 e. The van der Waals surface area contributed by atoms with Gasteiger partial charge in [0.25, 0.3) is 5.91 Å². The first kappa shape index (κ1) is 15.4. The highest BCUT2D eigenvalue weighted by atomic mass is 16.5. The van der Waals surface area contributed by atoms with E-state index in [1.54, 1.807) is 55.6 Å². The Labute approximate surface area is 127 Å². The third-order valence-corrected chi connectivity index (χ3v) is 2.81. The molecule has 0 aliphatic heterocycles. The zero-order valence-electron chi connectivity index (χ0n) is 11.9. The van der Waals surface area contributed by atoms with Crippen molar-refractivity contribution in [3.63, 3.8) is 0 Å². The molecule has 2 N–H and O–H groups in total. The third kappa shape index (κ3) is 4.24. The Balaban J connectivity index is 2.04. The van der Waals surface area contributed by atoms with Crippen LogP contribution in [0.5, 0.6) is 11.5 Å². The van der Waals surface area contributed by atoms with Crippen molar-refractivity contribution >= 4 is 17.6 Å². The van der Waals surface area contributed by atoms with Crippen LogP contribution in [0.1, 0.15) is 10.4 Å². The molecule has 114 valence electrons. The van der Waals surface area contributed by atoms with E-state index in [4.69, 9.17) is 14.6 Å². The number of ether oxygens (including phenoxy) is 2. The summed E-state index contributed by atoms with van der Waals surface area (Å²) in [6.45, 7) is -0.435. The normalized spacial score (nSPS) is 9.86. The van der Waals surface area contributed by atoms with Gasteiger partial charge in [0, 0.05) is 17.3 Å². The zero-order chi connectivity index (χ0) is 15.9. The number of hydrogen-bond donors (Lipinski definition) is 2. The van der Waals surface area contributed by atoms with Crippen LogP contribution in [0.2, 0.25) is 0 Å². The molecule has 0 fully saturated rings. The van der Waals surface area contributed by atoms with Gasteiger partial charge in [0.15, 0.2) is 6.61 Å². The first-order valence-corrected chi connectivity index (χ1v) is 6.48. The highest BCUT2D eigenvalue weighted by Gasteiger charge is 2.07. The van der Waals surface area contributed by atoms with Gasteiger partial charge in [0.2, 0.25) is 0 Å². The number of carboxylic acids is 1. The number of carbonyl (C=O) groups excluding carboxylic acids is 1. The quantitative estimate of drug-likeness (QED) is 0.856. The van der Waals surface area contributed by atoms with Crippen molar-refractivity contribution in [2.75, 3.05) is 19.0 Å². The Bertz CT molecular complexity index is 666. The SMILES string of the molecule is COc1ccc(C(=O)Nc2cccc(OCC(=O)O)c2)cc1. The van der Waals surface area contributed by atoms with Crippen LogP contribution < -0.4 is 14.8 Å². The molecule has 1 amide bonds. The maximum atomic E-state index is 12.1. The smallest absolute Gasteiger partial charge is 0.341 e. The summed E-state index contributed by atoms with van der Waals surface area (Å²) >= 11 is 0. The van der Waals surface area contributed by atoms with Crippen molar-refractivity contribution in [1.82, 2.24) is 0 Å². The van der Waals surface area contributed by atoms with E-state index in [-0.39, 0.29) is 5.91 Å². The highest BCUT2D eigenvalue weighted by Crippen LogP contribution is 2.19. The minimum atomic E-state index is -1.06. The molecule has 22 heavy (non-hydrogen) atoms. The molecular formula is C16H15NO5. The molecule has 0 aliphatic rings. The number of carbonyl (C=O) groups is 2. The molecule has 0 bridgehead atoms. The van der Waals surface area contributed by atoms with Crippen LogP contribution in [0.15, 0.2) is 48.5 Å². The van der Waals surface area contributed by atoms with Crippen LogP contribution in [0.3, 0.4) is 0 Å². The average Bonchev–Trinajstić information content (AvgIpc) is 2.53. The summed E-state index contributed by atoms with van der Waals surface area (Å²) in [6, 6.07) is 13.2. The lowest BCUT2D eigenvalue weighted by Gasteiger charge is -2.08. The topological polar surface area (TPSA) is 84.9 Å². The number of nitrogens with one attached hydrogen (secondary N) is 1. The molecule has 0 unspecified atom stereocenters. The number of aliphatic carboxylic acids is 1. The maximum Gasteiger partial charge on any atom is 0.341 e. The number of hydrogen-bond acceptors (Lipinski definition) is 4. The maximum absolute atomic E-state index is 12.1. The van der Waals surface area contributed by atoms with Crippen LogP contribution in [0.4, 0.5) is 5.69 Å². The molecule has 0 aliphatic carbocycles. The number of benzene rings is 2. The van der Waals surface area contributed by atoms with Crippen molar-refractivity contribution in [3.8, 4) is 11.5 Å². The van der Waals surface area contributed by atoms with Gasteiger partial charge in [-0.15, -0.1) is 0 Å². The van der Waals surface area contributed by atoms with Gasteiger partial charge in [-0.05, 0) is 36.4 Å². The molecule has 0 spiro atoms. The second kappa shape index (κ2) is 7.12.